The Hall–Kier alpha value is -3.12. The van der Waals surface area contributed by atoms with Crippen molar-refractivity contribution in [3.63, 3.8) is 0 Å². The number of fused-ring (bicyclic) bond motifs is 1. The molecule has 1 atom stereocenters. The number of amides is 1. The highest BCUT2D eigenvalue weighted by molar-refractivity contribution is 7.92. The minimum atomic E-state index is -3.71. The first kappa shape index (κ1) is 20.2. The lowest BCUT2D eigenvalue weighted by Gasteiger charge is -2.16. The molecule has 0 radical (unpaired) electrons. The van der Waals surface area contributed by atoms with Crippen LogP contribution in [0.2, 0.25) is 0 Å². The lowest BCUT2D eigenvalue weighted by Crippen LogP contribution is -2.26. The van der Waals surface area contributed by atoms with E-state index < -0.39 is 10.0 Å². The number of carbonyl (C=O) groups is 1. The predicted octanol–water partition coefficient (Wildman–Crippen LogP) is 4.47. The van der Waals surface area contributed by atoms with Gasteiger partial charge in [0.25, 0.3) is 15.9 Å². The Morgan fingerprint density at radius 3 is 2.47 bits per heavy atom. The Labute approximate surface area is 177 Å². The standard InChI is InChI=1S/C24H24N2O3S/c1-17(19-14-13-18-7-5-8-20(18)15-19)25-24(27)21-9-6-10-22(16-21)26-30(28,29)23-11-3-2-4-12-23/h2-4,6,9-17,26H,5,7-8H2,1H3,(H,25,27). The van der Waals surface area contributed by atoms with Crippen LogP contribution in [0, 0.1) is 0 Å². The van der Waals surface area contributed by atoms with E-state index in [1.165, 1.54) is 29.7 Å². The van der Waals surface area contributed by atoms with E-state index >= 15 is 0 Å². The van der Waals surface area contributed by atoms with Crippen LogP contribution >= 0.6 is 0 Å². The highest BCUT2D eigenvalue weighted by Crippen LogP contribution is 2.25. The van der Waals surface area contributed by atoms with Crippen molar-refractivity contribution in [1.82, 2.24) is 5.32 Å². The van der Waals surface area contributed by atoms with E-state index in [9.17, 15) is 13.2 Å². The molecular formula is C24H24N2O3S. The summed E-state index contributed by atoms with van der Waals surface area (Å²) in [4.78, 5) is 12.9. The first-order valence-electron chi connectivity index (χ1n) is 10.0. The van der Waals surface area contributed by atoms with Crippen molar-refractivity contribution in [1.29, 1.82) is 0 Å². The van der Waals surface area contributed by atoms with Gasteiger partial charge in [0.1, 0.15) is 0 Å². The Morgan fingerprint density at radius 1 is 0.900 bits per heavy atom. The first-order chi connectivity index (χ1) is 14.4. The van der Waals surface area contributed by atoms with Crippen LogP contribution in [0.4, 0.5) is 5.69 Å². The van der Waals surface area contributed by atoms with E-state index in [4.69, 9.17) is 0 Å². The van der Waals surface area contributed by atoms with Crippen LogP contribution in [0.5, 0.6) is 0 Å². The van der Waals surface area contributed by atoms with Gasteiger partial charge in [0.15, 0.2) is 0 Å². The highest BCUT2D eigenvalue weighted by atomic mass is 32.2. The van der Waals surface area contributed by atoms with Gasteiger partial charge in [-0.25, -0.2) is 8.42 Å². The maximum absolute atomic E-state index is 12.8. The zero-order valence-corrected chi connectivity index (χ0v) is 17.6. The molecule has 5 nitrogen and oxygen atoms in total. The van der Waals surface area contributed by atoms with Crippen LogP contribution in [0.15, 0.2) is 77.7 Å². The Kier molecular flexibility index (Phi) is 5.59. The SMILES string of the molecule is CC(NC(=O)c1cccc(NS(=O)(=O)c2ccccc2)c1)c1ccc2c(c1)CCC2. The number of sulfonamides is 1. The van der Waals surface area contributed by atoms with Crippen molar-refractivity contribution in [2.24, 2.45) is 0 Å². The minimum Gasteiger partial charge on any atom is -0.346 e. The van der Waals surface area contributed by atoms with E-state index in [0.717, 1.165) is 18.4 Å². The zero-order chi connectivity index (χ0) is 21.1. The molecule has 0 spiro atoms. The summed E-state index contributed by atoms with van der Waals surface area (Å²) in [6.45, 7) is 1.95. The molecule has 1 unspecified atom stereocenters. The molecule has 0 saturated carbocycles. The van der Waals surface area contributed by atoms with Crippen LogP contribution in [0.3, 0.4) is 0 Å². The van der Waals surface area contributed by atoms with Crippen LogP contribution in [-0.2, 0) is 22.9 Å². The fraction of sp³-hybridized carbons (Fsp3) is 0.208. The molecule has 1 aliphatic rings. The summed E-state index contributed by atoms with van der Waals surface area (Å²) in [5.74, 6) is -0.247. The Bertz CT molecular complexity index is 1170. The summed E-state index contributed by atoms with van der Waals surface area (Å²) < 4.78 is 27.6. The molecule has 2 N–H and O–H groups in total. The first-order valence-corrected chi connectivity index (χ1v) is 11.5. The van der Waals surface area contributed by atoms with Crippen molar-refractivity contribution in [3.8, 4) is 0 Å². The van der Waals surface area contributed by atoms with Gasteiger partial charge in [-0.2, -0.15) is 0 Å². The molecule has 0 bridgehead atoms. The molecule has 6 heteroatoms. The lowest BCUT2D eigenvalue weighted by atomic mass is 10.0. The van der Waals surface area contributed by atoms with Crippen molar-refractivity contribution >= 4 is 21.6 Å². The molecule has 3 aromatic carbocycles. The average Bonchev–Trinajstić information content (AvgIpc) is 3.22. The zero-order valence-electron chi connectivity index (χ0n) is 16.8. The molecule has 0 aromatic heterocycles. The summed E-state index contributed by atoms with van der Waals surface area (Å²) >= 11 is 0. The Morgan fingerprint density at radius 2 is 1.67 bits per heavy atom. The number of rotatable bonds is 6. The van der Waals surface area contributed by atoms with Gasteiger partial charge in [-0.15, -0.1) is 0 Å². The molecule has 0 fully saturated rings. The summed E-state index contributed by atoms with van der Waals surface area (Å²) in [6.07, 6.45) is 3.40. The number of anilines is 1. The van der Waals surface area contributed by atoms with E-state index in [1.807, 2.05) is 6.92 Å². The van der Waals surface area contributed by atoms with Crippen LogP contribution in [-0.4, -0.2) is 14.3 Å². The number of benzene rings is 3. The number of hydrogen-bond donors (Lipinski definition) is 2. The molecule has 3 aromatic rings. The largest absolute Gasteiger partial charge is 0.346 e. The van der Waals surface area contributed by atoms with Crippen molar-refractivity contribution in [2.45, 2.75) is 37.1 Å². The van der Waals surface area contributed by atoms with Crippen LogP contribution in [0.25, 0.3) is 0 Å². The molecule has 1 aliphatic carbocycles. The maximum Gasteiger partial charge on any atom is 0.261 e. The molecule has 4 rings (SSSR count). The lowest BCUT2D eigenvalue weighted by molar-refractivity contribution is 0.0940. The van der Waals surface area contributed by atoms with Crippen molar-refractivity contribution in [3.05, 3.63) is 95.1 Å². The van der Waals surface area contributed by atoms with Crippen LogP contribution in [0.1, 0.15) is 46.4 Å². The average molecular weight is 421 g/mol. The van der Waals surface area contributed by atoms with E-state index in [0.29, 0.717) is 11.3 Å². The Balaban J connectivity index is 1.47. The van der Waals surface area contributed by atoms with E-state index in [1.54, 1.807) is 42.5 Å². The third-order valence-electron chi connectivity index (χ3n) is 5.40. The third-order valence-corrected chi connectivity index (χ3v) is 6.80. The topological polar surface area (TPSA) is 75.3 Å². The van der Waals surface area contributed by atoms with Crippen LogP contribution < -0.4 is 10.0 Å². The monoisotopic (exact) mass is 420 g/mol. The second-order valence-electron chi connectivity index (χ2n) is 7.58. The van der Waals surface area contributed by atoms with Gasteiger partial charge in [0.2, 0.25) is 0 Å². The van der Waals surface area contributed by atoms with E-state index in [-0.39, 0.29) is 16.8 Å². The van der Waals surface area contributed by atoms with Gasteiger partial charge in [-0.3, -0.25) is 9.52 Å². The summed E-state index contributed by atoms with van der Waals surface area (Å²) in [6, 6.07) is 20.9. The fourth-order valence-corrected chi connectivity index (χ4v) is 4.83. The van der Waals surface area contributed by atoms with Gasteiger partial charge < -0.3 is 5.32 Å². The molecule has 0 saturated heterocycles. The summed E-state index contributed by atoms with van der Waals surface area (Å²) in [7, 11) is -3.71. The van der Waals surface area contributed by atoms with Gasteiger partial charge >= 0.3 is 0 Å². The predicted molar refractivity (Wildman–Crippen MR) is 118 cm³/mol. The van der Waals surface area contributed by atoms with Gasteiger partial charge in [0.05, 0.1) is 10.9 Å². The minimum absolute atomic E-state index is 0.145. The molecule has 154 valence electrons. The van der Waals surface area contributed by atoms with Gasteiger partial charge in [-0.05, 0) is 73.2 Å². The normalized spacial score (nSPS) is 14.0. The number of aryl methyl sites for hydroxylation is 2. The molecular weight excluding hydrogens is 396 g/mol. The van der Waals surface area contributed by atoms with Crippen molar-refractivity contribution < 1.29 is 13.2 Å². The quantitative estimate of drug-likeness (QED) is 0.618. The number of nitrogens with one attached hydrogen (secondary N) is 2. The number of carbonyl (C=O) groups excluding carboxylic acids is 1. The summed E-state index contributed by atoms with van der Waals surface area (Å²) in [5.41, 5.74) is 4.58. The molecule has 0 heterocycles. The molecule has 0 aliphatic heterocycles. The van der Waals surface area contributed by atoms with Gasteiger partial charge in [-0.1, -0.05) is 42.5 Å². The maximum atomic E-state index is 12.8. The number of hydrogen-bond acceptors (Lipinski definition) is 3. The second-order valence-corrected chi connectivity index (χ2v) is 9.26. The van der Waals surface area contributed by atoms with E-state index in [2.05, 4.69) is 28.2 Å². The fourth-order valence-electron chi connectivity index (χ4n) is 3.76. The third kappa shape index (κ3) is 4.39. The molecule has 30 heavy (non-hydrogen) atoms. The van der Waals surface area contributed by atoms with Gasteiger partial charge in [0, 0.05) is 11.3 Å². The highest BCUT2D eigenvalue weighted by Gasteiger charge is 2.17. The summed E-state index contributed by atoms with van der Waals surface area (Å²) in [5, 5.41) is 3.01. The second kappa shape index (κ2) is 8.32. The van der Waals surface area contributed by atoms with Crippen molar-refractivity contribution in [2.75, 3.05) is 4.72 Å². The molecule has 1 amide bonds. The smallest absolute Gasteiger partial charge is 0.261 e.